The van der Waals surface area contributed by atoms with Crippen LogP contribution in [-0.4, -0.2) is 38.5 Å². The molecule has 6 nitrogen and oxygen atoms in total. The molecule has 0 spiro atoms. The van der Waals surface area contributed by atoms with Gasteiger partial charge >= 0.3 is 0 Å². The van der Waals surface area contributed by atoms with E-state index in [0.717, 1.165) is 19.1 Å². The van der Waals surface area contributed by atoms with Gasteiger partial charge in [-0.2, -0.15) is 0 Å². The van der Waals surface area contributed by atoms with Gasteiger partial charge in [0.1, 0.15) is 10.6 Å². The first-order valence-corrected chi connectivity index (χ1v) is 11.5. The van der Waals surface area contributed by atoms with E-state index in [0.29, 0.717) is 34.1 Å². The van der Waals surface area contributed by atoms with Gasteiger partial charge in [-0.05, 0) is 45.1 Å². The molecular weight excluding hydrogens is 374 g/mol. The predicted octanol–water partition coefficient (Wildman–Crippen LogP) is 3.62. The Kier molecular flexibility index (Phi) is 5.16. The molecule has 26 heavy (non-hydrogen) atoms. The second-order valence-electron chi connectivity index (χ2n) is 6.31. The molecule has 1 aromatic heterocycles. The summed E-state index contributed by atoms with van der Waals surface area (Å²) >= 11 is 1.36. The fourth-order valence-electron chi connectivity index (χ4n) is 2.92. The minimum absolute atomic E-state index is 0.0891. The van der Waals surface area contributed by atoms with E-state index in [1.165, 1.54) is 17.8 Å². The highest BCUT2D eigenvalue weighted by atomic mass is 32.2. The molecule has 0 bridgehead atoms. The zero-order valence-electron chi connectivity index (χ0n) is 15.2. The lowest BCUT2D eigenvalue weighted by Gasteiger charge is -2.15. The number of carbonyl (C=O) groups is 1. The average molecular weight is 396 g/mol. The molecule has 1 aliphatic rings. The highest BCUT2D eigenvalue weighted by Crippen LogP contribution is 2.44. The van der Waals surface area contributed by atoms with Crippen molar-refractivity contribution in [3.05, 3.63) is 34.6 Å². The van der Waals surface area contributed by atoms with Crippen molar-refractivity contribution in [2.75, 3.05) is 19.1 Å². The summed E-state index contributed by atoms with van der Waals surface area (Å²) in [4.78, 5) is 13.3. The van der Waals surface area contributed by atoms with E-state index in [1.807, 2.05) is 6.26 Å². The van der Waals surface area contributed by atoms with Gasteiger partial charge in [0, 0.05) is 23.3 Å². The molecule has 3 rings (SSSR count). The molecule has 2 aromatic rings. The van der Waals surface area contributed by atoms with E-state index in [2.05, 4.69) is 5.16 Å². The lowest BCUT2D eigenvalue weighted by molar-refractivity contribution is 0.103. The highest BCUT2D eigenvalue weighted by molar-refractivity contribution is 7.98. The van der Waals surface area contributed by atoms with Gasteiger partial charge in [0.05, 0.1) is 12.2 Å². The van der Waals surface area contributed by atoms with E-state index in [4.69, 9.17) is 9.26 Å². The Hall–Kier alpha value is -1.80. The number of nitrogens with zero attached hydrogens (tertiary/aromatic N) is 1. The van der Waals surface area contributed by atoms with E-state index < -0.39 is 9.84 Å². The number of hydrogen-bond donors (Lipinski definition) is 0. The van der Waals surface area contributed by atoms with E-state index in [9.17, 15) is 13.2 Å². The fourth-order valence-corrected chi connectivity index (χ4v) is 4.30. The third-order valence-electron chi connectivity index (χ3n) is 4.36. The minimum atomic E-state index is -3.47. The van der Waals surface area contributed by atoms with Gasteiger partial charge < -0.3 is 9.26 Å². The van der Waals surface area contributed by atoms with Crippen LogP contribution in [0.1, 0.15) is 52.9 Å². The number of ketones is 1. The summed E-state index contributed by atoms with van der Waals surface area (Å²) in [5, 5.41) is 4.58. The van der Waals surface area contributed by atoms with Gasteiger partial charge in [0.2, 0.25) is 0 Å². The molecule has 0 radical (unpaired) electrons. The summed E-state index contributed by atoms with van der Waals surface area (Å²) < 4.78 is 35.1. The number of thioether (sulfide) groups is 1. The molecule has 0 amide bonds. The number of carbonyl (C=O) groups excluding carboxylic acids is 1. The van der Waals surface area contributed by atoms with Crippen LogP contribution < -0.4 is 4.74 Å². The normalized spacial score (nSPS) is 14.5. The first kappa shape index (κ1) is 19.0. The topological polar surface area (TPSA) is 86.5 Å². The summed E-state index contributed by atoms with van der Waals surface area (Å²) in [6.07, 6.45) is 4.94. The van der Waals surface area contributed by atoms with Crippen molar-refractivity contribution < 1.29 is 22.5 Å². The summed E-state index contributed by atoms with van der Waals surface area (Å²) in [6.45, 7) is 3.78. The predicted molar refractivity (Wildman–Crippen MR) is 99.1 cm³/mol. The molecule has 1 fully saturated rings. The Morgan fingerprint density at radius 1 is 1.38 bits per heavy atom. The summed E-state index contributed by atoms with van der Waals surface area (Å²) in [6, 6.07) is 2.98. The minimum Gasteiger partial charge on any atom is -0.492 e. The van der Waals surface area contributed by atoms with Crippen molar-refractivity contribution >= 4 is 27.4 Å². The van der Waals surface area contributed by atoms with Crippen LogP contribution in [0.15, 0.2) is 26.6 Å². The van der Waals surface area contributed by atoms with E-state index >= 15 is 0 Å². The average Bonchev–Trinajstić information content (AvgIpc) is 3.33. The molecule has 1 aromatic carbocycles. The number of aromatic nitrogens is 1. The third-order valence-corrected chi connectivity index (χ3v) is 6.14. The summed E-state index contributed by atoms with van der Waals surface area (Å²) in [5.74, 6) is 0.889. The van der Waals surface area contributed by atoms with Crippen LogP contribution in [-0.2, 0) is 9.84 Å². The van der Waals surface area contributed by atoms with Crippen LogP contribution in [0, 0.1) is 6.92 Å². The lowest BCUT2D eigenvalue weighted by Crippen LogP contribution is -2.11. The van der Waals surface area contributed by atoms with Gasteiger partial charge in [0.25, 0.3) is 0 Å². The number of rotatable bonds is 7. The Bertz CT molecular complexity index is 958. The van der Waals surface area contributed by atoms with Crippen LogP contribution in [0.5, 0.6) is 5.75 Å². The number of ether oxygens (including phenoxy) is 1. The largest absolute Gasteiger partial charge is 0.492 e. The molecule has 0 aliphatic heterocycles. The van der Waals surface area contributed by atoms with Crippen LogP contribution in [0.4, 0.5) is 0 Å². The zero-order valence-corrected chi connectivity index (χ0v) is 16.8. The molecule has 1 aliphatic carbocycles. The number of sulfone groups is 1. The van der Waals surface area contributed by atoms with Crippen molar-refractivity contribution in [3.63, 3.8) is 0 Å². The standard InChI is InChI=1S/C18H21NO5S2/c1-5-23-16-10(2)12(8-9-13(16)26(4,21)22)15(20)14-17(11-6-7-11)24-19-18(14)25-3/h8-9,11H,5-7H2,1-4H3. The van der Waals surface area contributed by atoms with Crippen LogP contribution in [0.25, 0.3) is 0 Å². The van der Waals surface area contributed by atoms with Gasteiger partial charge in [-0.3, -0.25) is 4.79 Å². The molecule has 0 saturated heterocycles. The molecule has 140 valence electrons. The quantitative estimate of drug-likeness (QED) is 0.523. The van der Waals surface area contributed by atoms with Gasteiger partial charge in [0.15, 0.2) is 26.4 Å². The van der Waals surface area contributed by atoms with Crippen molar-refractivity contribution in [2.24, 2.45) is 0 Å². The lowest BCUT2D eigenvalue weighted by atomic mass is 9.98. The van der Waals surface area contributed by atoms with Crippen molar-refractivity contribution in [3.8, 4) is 5.75 Å². The SMILES string of the molecule is CCOc1c(S(C)(=O)=O)ccc(C(=O)c2c(SC)noc2C2CC2)c1C. The second-order valence-corrected chi connectivity index (χ2v) is 9.08. The second kappa shape index (κ2) is 7.08. The molecule has 8 heteroatoms. The Morgan fingerprint density at radius 3 is 2.62 bits per heavy atom. The fraction of sp³-hybridized carbons (Fsp3) is 0.444. The van der Waals surface area contributed by atoms with Crippen molar-refractivity contribution in [1.29, 1.82) is 0 Å². The Morgan fingerprint density at radius 2 is 2.08 bits per heavy atom. The molecule has 1 heterocycles. The number of benzene rings is 1. The summed E-state index contributed by atoms with van der Waals surface area (Å²) in [5.41, 5.74) is 1.40. The third kappa shape index (κ3) is 3.40. The van der Waals surface area contributed by atoms with Gasteiger partial charge in [-0.1, -0.05) is 5.16 Å². The molecule has 0 atom stereocenters. The van der Waals surface area contributed by atoms with Gasteiger partial charge in [-0.25, -0.2) is 8.42 Å². The molecular formula is C18H21NO5S2. The first-order chi connectivity index (χ1) is 12.3. The monoisotopic (exact) mass is 395 g/mol. The Balaban J connectivity index is 2.14. The van der Waals surface area contributed by atoms with Crippen molar-refractivity contribution in [2.45, 2.75) is 42.5 Å². The van der Waals surface area contributed by atoms with E-state index in [1.54, 1.807) is 19.9 Å². The smallest absolute Gasteiger partial charge is 0.199 e. The Labute approximate surface area is 157 Å². The molecule has 1 saturated carbocycles. The van der Waals surface area contributed by atoms with Crippen LogP contribution >= 0.6 is 11.8 Å². The van der Waals surface area contributed by atoms with Crippen LogP contribution in [0.3, 0.4) is 0 Å². The van der Waals surface area contributed by atoms with Gasteiger partial charge in [-0.15, -0.1) is 11.8 Å². The maximum absolute atomic E-state index is 13.3. The maximum atomic E-state index is 13.3. The van der Waals surface area contributed by atoms with E-state index in [-0.39, 0.29) is 22.3 Å². The highest BCUT2D eigenvalue weighted by Gasteiger charge is 2.36. The van der Waals surface area contributed by atoms with Crippen molar-refractivity contribution in [1.82, 2.24) is 5.16 Å². The van der Waals surface area contributed by atoms with Crippen LogP contribution in [0.2, 0.25) is 0 Å². The zero-order chi connectivity index (χ0) is 19.1. The molecule has 0 unspecified atom stereocenters. The maximum Gasteiger partial charge on any atom is 0.199 e. The molecule has 0 N–H and O–H groups in total. The first-order valence-electron chi connectivity index (χ1n) is 8.34. The number of hydrogen-bond acceptors (Lipinski definition) is 7. The summed E-state index contributed by atoms with van der Waals surface area (Å²) in [7, 11) is -3.47.